The number of aliphatic hydroxyl groups is 1. The van der Waals surface area contributed by atoms with E-state index in [-0.39, 0.29) is 12.0 Å². The van der Waals surface area contributed by atoms with Crippen LogP contribution < -0.4 is 0 Å². The van der Waals surface area contributed by atoms with Gasteiger partial charge in [-0.3, -0.25) is 0 Å². The molecule has 1 aliphatic carbocycles. The second-order valence-electron chi connectivity index (χ2n) is 3.64. The highest BCUT2D eigenvalue weighted by molar-refractivity contribution is 9.10. The number of rotatable bonds is 2. The van der Waals surface area contributed by atoms with Crippen molar-refractivity contribution >= 4 is 15.9 Å². The lowest BCUT2D eigenvalue weighted by Crippen LogP contribution is -2.38. The van der Waals surface area contributed by atoms with Gasteiger partial charge in [-0.25, -0.2) is 4.98 Å². The molecule has 1 aliphatic rings. The van der Waals surface area contributed by atoms with E-state index in [0.717, 1.165) is 23.1 Å². The van der Waals surface area contributed by atoms with Crippen LogP contribution in [0.2, 0.25) is 0 Å². The van der Waals surface area contributed by atoms with Crippen molar-refractivity contribution in [3.05, 3.63) is 28.5 Å². The van der Waals surface area contributed by atoms with Crippen molar-refractivity contribution in [2.75, 3.05) is 6.61 Å². The van der Waals surface area contributed by atoms with Crippen molar-refractivity contribution in [1.29, 1.82) is 0 Å². The third-order valence-electron chi connectivity index (χ3n) is 2.87. The average molecular weight is 242 g/mol. The van der Waals surface area contributed by atoms with Gasteiger partial charge in [-0.05, 0) is 40.9 Å². The molecule has 0 saturated heterocycles. The van der Waals surface area contributed by atoms with E-state index in [1.54, 1.807) is 0 Å². The monoisotopic (exact) mass is 241 g/mol. The molecule has 13 heavy (non-hydrogen) atoms. The summed E-state index contributed by atoms with van der Waals surface area (Å²) < 4.78 is 0.852. The fourth-order valence-corrected chi connectivity index (χ4v) is 2.15. The van der Waals surface area contributed by atoms with E-state index in [9.17, 15) is 5.11 Å². The molecule has 0 aromatic carbocycles. The Morgan fingerprint density at radius 1 is 1.46 bits per heavy atom. The van der Waals surface area contributed by atoms with E-state index in [1.165, 1.54) is 6.42 Å². The normalized spacial score (nSPS) is 19.5. The van der Waals surface area contributed by atoms with Gasteiger partial charge in [0.05, 0.1) is 12.3 Å². The number of aliphatic hydroxyl groups excluding tert-OH is 1. The van der Waals surface area contributed by atoms with Crippen LogP contribution in [-0.4, -0.2) is 16.7 Å². The van der Waals surface area contributed by atoms with Crippen LogP contribution >= 0.6 is 15.9 Å². The molecule has 1 N–H and O–H groups in total. The molecule has 1 aromatic rings. The topological polar surface area (TPSA) is 33.1 Å². The Hall–Kier alpha value is -0.410. The van der Waals surface area contributed by atoms with Crippen LogP contribution in [0.1, 0.15) is 25.0 Å². The molecule has 3 heteroatoms. The first-order valence-corrected chi connectivity index (χ1v) is 5.30. The third-order valence-corrected chi connectivity index (χ3v) is 3.31. The summed E-state index contributed by atoms with van der Waals surface area (Å²) in [7, 11) is 0. The zero-order valence-corrected chi connectivity index (χ0v) is 8.92. The maximum absolute atomic E-state index is 9.33. The van der Waals surface area contributed by atoms with E-state index in [0.29, 0.717) is 0 Å². The van der Waals surface area contributed by atoms with Gasteiger partial charge in [0.1, 0.15) is 4.60 Å². The van der Waals surface area contributed by atoms with Crippen LogP contribution in [-0.2, 0) is 5.41 Å². The minimum atomic E-state index is -0.0379. The highest BCUT2D eigenvalue weighted by Gasteiger charge is 2.39. The molecule has 0 bridgehead atoms. The van der Waals surface area contributed by atoms with Crippen molar-refractivity contribution in [1.82, 2.24) is 4.98 Å². The molecule has 0 unspecified atom stereocenters. The van der Waals surface area contributed by atoms with Crippen LogP contribution in [0.4, 0.5) is 0 Å². The number of aromatic nitrogens is 1. The van der Waals surface area contributed by atoms with Gasteiger partial charge in [-0.2, -0.15) is 0 Å². The fourth-order valence-electron chi connectivity index (χ4n) is 1.80. The first-order valence-electron chi connectivity index (χ1n) is 4.51. The quantitative estimate of drug-likeness (QED) is 0.807. The van der Waals surface area contributed by atoms with Crippen LogP contribution in [0.5, 0.6) is 0 Å². The van der Waals surface area contributed by atoms with E-state index in [1.807, 2.05) is 18.2 Å². The van der Waals surface area contributed by atoms with Gasteiger partial charge in [0.25, 0.3) is 0 Å². The lowest BCUT2D eigenvalue weighted by Gasteiger charge is -2.39. The van der Waals surface area contributed by atoms with Crippen LogP contribution in [0.25, 0.3) is 0 Å². The predicted molar refractivity (Wildman–Crippen MR) is 54.6 cm³/mol. The molecule has 1 heterocycles. The van der Waals surface area contributed by atoms with Crippen molar-refractivity contribution in [3.8, 4) is 0 Å². The van der Waals surface area contributed by atoms with Gasteiger partial charge >= 0.3 is 0 Å². The van der Waals surface area contributed by atoms with Gasteiger partial charge in [0.2, 0.25) is 0 Å². The first-order chi connectivity index (χ1) is 6.27. The van der Waals surface area contributed by atoms with Crippen LogP contribution in [0, 0.1) is 0 Å². The third kappa shape index (κ3) is 1.51. The number of pyridine rings is 1. The van der Waals surface area contributed by atoms with Crippen molar-refractivity contribution in [2.45, 2.75) is 24.7 Å². The maximum atomic E-state index is 9.33. The highest BCUT2D eigenvalue weighted by Crippen LogP contribution is 2.42. The molecule has 1 fully saturated rings. The van der Waals surface area contributed by atoms with Crippen LogP contribution in [0.15, 0.2) is 22.8 Å². The molecule has 1 aromatic heterocycles. The lowest BCUT2D eigenvalue weighted by atomic mass is 9.67. The van der Waals surface area contributed by atoms with Crippen molar-refractivity contribution in [2.24, 2.45) is 0 Å². The summed E-state index contributed by atoms with van der Waals surface area (Å²) in [4.78, 5) is 4.39. The minimum Gasteiger partial charge on any atom is -0.395 e. The second-order valence-corrected chi connectivity index (χ2v) is 4.45. The summed E-state index contributed by atoms with van der Waals surface area (Å²) in [6.45, 7) is 0.219. The molecule has 0 radical (unpaired) electrons. The molecule has 0 atom stereocenters. The Bertz CT molecular complexity index is 304. The SMILES string of the molecule is OCC1(c2cccc(Br)n2)CCC1. The average Bonchev–Trinajstić information content (AvgIpc) is 2.03. The summed E-state index contributed by atoms with van der Waals surface area (Å²) in [6, 6.07) is 5.88. The van der Waals surface area contributed by atoms with Crippen molar-refractivity contribution < 1.29 is 5.11 Å². The molecule has 2 nitrogen and oxygen atoms in total. The minimum absolute atomic E-state index is 0.0379. The molecular formula is C10H12BrNO. The molecular weight excluding hydrogens is 230 g/mol. The Labute approximate surface area is 86.1 Å². The number of hydrogen-bond donors (Lipinski definition) is 1. The van der Waals surface area contributed by atoms with E-state index in [2.05, 4.69) is 20.9 Å². The fraction of sp³-hybridized carbons (Fsp3) is 0.500. The largest absolute Gasteiger partial charge is 0.395 e. The van der Waals surface area contributed by atoms with Gasteiger partial charge in [0, 0.05) is 5.41 Å². The summed E-state index contributed by atoms with van der Waals surface area (Å²) in [5.41, 5.74) is 0.986. The molecule has 0 aliphatic heterocycles. The molecule has 2 rings (SSSR count). The molecule has 0 amide bonds. The first kappa shape index (κ1) is 9.16. The molecule has 0 spiro atoms. The van der Waals surface area contributed by atoms with Gasteiger partial charge in [-0.1, -0.05) is 12.5 Å². The highest BCUT2D eigenvalue weighted by atomic mass is 79.9. The summed E-state index contributed by atoms with van der Waals surface area (Å²) in [5.74, 6) is 0. The Kier molecular flexibility index (Phi) is 2.39. The van der Waals surface area contributed by atoms with Crippen molar-refractivity contribution in [3.63, 3.8) is 0 Å². The van der Waals surface area contributed by atoms with E-state index < -0.39 is 0 Å². The zero-order chi connectivity index (χ0) is 9.31. The Morgan fingerprint density at radius 2 is 2.23 bits per heavy atom. The maximum Gasteiger partial charge on any atom is 0.106 e. The smallest absolute Gasteiger partial charge is 0.106 e. The zero-order valence-electron chi connectivity index (χ0n) is 7.33. The molecule has 70 valence electrons. The van der Waals surface area contributed by atoms with Gasteiger partial charge in [-0.15, -0.1) is 0 Å². The Balaban J connectivity index is 2.33. The molecule has 1 saturated carbocycles. The number of hydrogen-bond acceptors (Lipinski definition) is 2. The summed E-state index contributed by atoms with van der Waals surface area (Å²) in [6.07, 6.45) is 3.33. The standard InChI is InChI=1S/C10H12BrNO/c11-9-4-1-3-8(12-9)10(7-13)5-2-6-10/h1,3-4,13H,2,5-7H2. The second kappa shape index (κ2) is 3.39. The van der Waals surface area contributed by atoms with E-state index >= 15 is 0 Å². The van der Waals surface area contributed by atoms with E-state index in [4.69, 9.17) is 0 Å². The van der Waals surface area contributed by atoms with Gasteiger partial charge in [0.15, 0.2) is 0 Å². The lowest BCUT2D eigenvalue weighted by molar-refractivity contribution is 0.116. The van der Waals surface area contributed by atoms with Crippen LogP contribution in [0.3, 0.4) is 0 Å². The predicted octanol–water partition coefficient (Wildman–Crippen LogP) is 2.26. The Morgan fingerprint density at radius 3 is 2.69 bits per heavy atom. The summed E-state index contributed by atoms with van der Waals surface area (Å²) >= 11 is 3.34. The van der Waals surface area contributed by atoms with Gasteiger partial charge < -0.3 is 5.11 Å². The summed E-state index contributed by atoms with van der Waals surface area (Å²) in [5, 5.41) is 9.33. The number of nitrogens with zero attached hydrogens (tertiary/aromatic N) is 1. The number of halogens is 1.